The summed E-state index contributed by atoms with van der Waals surface area (Å²) < 4.78 is 0. The molecular weight excluding hydrogens is 324 g/mol. The lowest BCUT2D eigenvalue weighted by Crippen LogP contribution is -2.29. The molecule has 1 saturated heterocycles. The summed E-state index contributed by atoms with van der Waals surface area (Å²) in [5.41, 5.74) is 3.65. The molecule has 1 unspecified atom stereocenters. The second-order valence-electron chi connectivity index (χ2n) is 6.79. The van der Waals surface area contributed by atoms with Crippen molar-refractivity contribution in [2.75, 3.05) is 25.5 Å². The minimum absolute atomic E-state index is 0.00536. The molecule has 1 fully saturated rings. The van der Waals surface area contributed by atoms with Crippen LogP contribution in [0, 0.1) is 6.92 Å². The van der Waals surface area contributed by atoms with E-state index in [1.807, 2.05) is 55.3 Å². The smallest absolute Gasteiger partial charge is 0.273 e. The molecule has 1 aliphatic heterocycles. The first-order valence-corrected chi connectivity index (χ1v) is 8.95. The Labute approximate surface area is 153 Å². The zero-order valence-corrected chi connectivity index (χ0v) is 15.1. The third-order valence-electron chi connectivity index (χ3n) is 5.03. The number of carbonyl (C=O) groups is 1. The average molecular weight is 346 g/mol. The standard InChI is InChI=1S/C21H22N4O/c1-14-11-17(22-2)12-19(24-14)16-8-10-25(13-16)21(26)20-18-6-4-3-5-15(18)7-9-23-20/h3-7,9,11-12,16H,8,10,13H2,1-2H3,(H,22,24). The molecule has 0 saturated carbocycles. The van der Waals surface area contributed by atoms with E-state index in [1.165, 1.54) is 0 Å². The Morgan fingerprint density at radius 2 is 2.08 bits per heavy atom. The van der Waals surface area contributed by atoms with E-state index < -0.39 is 0 Å². The van der Waals surface area contributed by atoms with Gasteiger partial charge in [0, 0.05) is 54.7 Å². The molecule has 1 atom stereocenters. The van der Waals surface area contributed by atoms with Crippen LogP contribution < -0.4 is 5.32 Å². The van der Waals surface area contributed by atoms with Crippen molar-refractivity contribution >= 4 is 22.4 Å². The summed E-state index contributed by atoms with van der Waals surface area (Å²) in [7, 11) is 1.91. The highest BCUT2D eigenvalue weighted by Gasteiger charge is 2.30. The second-order valence-corrected chi connectivity index (χ2v) is 6.79. The van der Waals surface area contributed by atoms with Crippen LogP contribution in [0.5, 0.6) is 0 Å². The van der Waals surface area contributed by atoms with Crippen molar-refractivity contribution in [1.29, 1.82) is 0 Å². The monoisotopic (exact) mass is 346 g/mol. The Morgan fingerprint density at radius 3 is 2.92 bits per heavy atom. The molecule has 4 rings (SSSR count). The lowest BCUT2D eigenvalue weighted by Gasteiger charge is -2.17. The number of pyridine rings is 2. The first-order chi connectivity index (χ1) is 12.7. The van der Waals surface area contributed by atoms with Crippen LogP contribution in [0.25, 0.3) is 10.8 Å². The summed E-state index contributed by atoms with van der Waals surface area (Å²) in [5, 5.41) is 5.13. The molecule has 3 aromatic rings. The van der Waals surface area contributed by atoms with Crippen LogP contribution in [0.15, 0.2) is 48.7 Å². The van der Waals surface area contributed by atoms with E-state index in [0.717, 1.165) is 40.8 Å². The molecule has 2 aromatic heterocycles. The van der Waals surface area contributed by atoms with Gasteiger partial charge in [0.05, 0.1) is 0 Å². The fourth-order valence-electron chi connectivity index (χ4n) is 3.67. The summed E-state index contributed by atoms with van der Waals surface area (Å²) in [6.45, 7) is 3.42. The van der Waals surface area contributed by atoms with Crippen molar-refractivity contribution < 1.29 is 4.79 Å². The fourth-order valence-corrected chi connectivity index (χ4v) is 3.67. The van der Waals surface area contributed by atoms with Crippen LogP contribution in [0.3, 0.4) is 0 Å². The number of benzene rings is 1. The minimum Gasteiger partial charge on any atom is -0.388 e. The fraction of sp³-hybridized carbons (Fsp3) is 0.286. The second kappa shape index (κ2) is 6.75. The van der Waals surface area contributed by atoms with Gasteiger partial charge in [-0.3, -0.25) is 14.8 Å². The Balaban J connectivity index is 1.59. The quantitative estimate of drug-likeness (QED) is 0.787. The predicted molar refractivity (Wildman–Crippen MR) is 104 cm³/mol. The van der Waals surface area contributed by atoms with Gasteiger partial charge in [0.2, 0.25) is 0 Å². The van der Waals surface area contributed by atoms with Crippen LogP contribution >= 0.6 is 0 Å². The molecule has 1 aromatic carbocycles. The van der Waals surface area contributed by atoms with Crippen molar-refractivity contribution in [3.05, 3.63) is 65.7 Å². The number of rotatable bonds is 3. The van der Waals surface area contributed by atoms with Crippen molar-refractivity contribution in [3.8, 4) is 0 Å². The van der Waals surface area contributed by atoms with E-state index in [2.05, 4.69) is 21.4 Å². The van der Waals surface area contributed by atoms with E-state index >= 15 is 0 Å². The average Bonchev–Trinajstić information content (AvgIpc) is 3.16. The molecule has 1 aliphatic rings. The zero-order valence-electron chi connectivity index (χ0n) is 15.1. The van der Waals surface area contributed by atoms with E-state index in [0.29, 0.717) is 12.2 Å². The van der Waals surface area contributed by atoms with Gasteiger partial charge < -0.3 is 10.2 Å². The largest absolute Gasteiger partial charge is 0.388 e. The first-order valence-electron chi connectivity index (χ1n) is 8.95. The molecule has 0 bridgehead atoms. The third-order valence-corrected chi connectivity index (χ3v) is 5.03. The normalized spacial score (nSPS) is 16.8. The van der Waals surface area contributed by atoms with Gasteiger partial charge in [-0.25, -0.2) is 0 Å². The molecule has 132 valence electrons. The van der Waals surface area contributed by atoms with Crippen molar-refractivity contribution in [2.24, 2.45) is 0 Å². The van der Waals surface area contributed by atoms with Crippen molar-refractivity contribution in [1.82, 2.24) is 14.9 Å². The van der Waals surface area contributed by atoms with Crippen molar-refractivity contribution in [2.45, 2.75) is 19.3 Å². The summed E-state index contributed by atoms with van der Waals surface area (Å²) in [6, 6.07) is 14.0. The third kappa shape index (κ3) is 3.01. The molecule has 0 aliphatic carbocycles. The van der Waals surface area contributed by atoms with E-state index in [9.17, 15) is 4.79 Å². The van der Waals surface area contributed by atoms with Gasteiger partial charge in [-0.2, -0.15) is 0 Å². The molecule has 1 N–H and O–H groups in total. The summed E-state index contributed by atoms with van der Waals surface area (Å²) >= 11 is 0. The number of hydrogen-bond donors (Lipinski definition) is 1. The van der Waals surface area contributed by atoms with Crippen LogP contribution in [0.2, 0.25) is 0 Å². The maximum absolute atomic E-state index is 13.1. The Hall–Kier alpha value is -2.95. The van der Waals surface area contributed by atoms with Crippen LogP contribution in [-0.4, -0.2) is 40.9 Å². The van der Waals surface area contributed by atoms with Gasteiger partial charge in [0.25, 0.3) is 5.91 Å². The van der Waals surface area contributed by atoms with Crippen LogP contribution in [0.4, 0.5) is 5.69 Å². The van der Waals surface area contributed by atoms with Gasteiger partial charge in [-0.05, 0) is 36.9 Å². The molecular formula is C21H22N4O. The maximum atomic E-state index is 13.1. The number of aromatic nitrogens is 2. The first kappa shape index (κ1) is 16.5. The van der Waals surface area contributed by atoms with E-state index in [4.69, 9.17) is 0 Å². The number of fused-ring (bicyclic) bond motifs is 1. The lowest BCUT2D eigenvalue weighted by molar-refractivity contribution is 0.0787. The highest BCUT2D eigenvalue weighted by Crippen LogP contribution is 2.29. The van der Waals surface area contributed by atoms with Crippen LogP contribution in [-0.2, 0) is 0 Å². The Kier molecular flexibility index (Phi) is 4.29. The summed E-state index contributed by atoms with van der Waals surface area (Å²) in [6.07, 6.45) is 2.64. The highest BCUT2D eigenvalue weighted by molar-refractivity contribution is 6.05. The number of anilines is 1. The zero-order chi connectivity index (χ0) is 18.1. The van der Waals surface area contributed by atoms with Gasteiger partial charge in [0.1, 0.15) is 5.69 Å². The Bertz CT molecular complexity index is 964. The van der Waals surface area contributed by atoms with Crippen molar-refractivity contribution in [3.63, 3.8) is 0 Å². The number of amides is 1. The van der Waals surface area contributed by atoms with Gasteiger partial charge in [0.15, 0.2) is 0 Å². The van der Waals surface area contributed by atoms with Gasteiger partial charge in [-0.1, -0.05) is 24.3 Å². The summed E-state index contributed by atoms with van der Waals surface area (Å²) in [4.78, 5) is 24.0. The molecule has 0 spiro atoms. The summed E-state index contributed by atoms with van der Waals surface area (Å²) in [5.74, 6) is 0.270. The number of nitrogens with zero attached hydrogens (tertiary/aromatic N) is 3. The van der Waals surface area contributed by atoms with Crippen LogP contribution in [0.1, 0.15) is 34.2 Å². The van der Waals surface area contributed by atoms with E-state index in [-0.39, 0.29) is 11.8 Å². The minimum atomic E-state index is 0.00536. The number of hydrogen-bond acceptors (Lipinski definition) is 4. The highest BCUT2D eigenvalue weighted by atomic mass is 16.2. The predicted octanol–water partition coefficient (Wildman–Crippen LogP) is 3.61. The molecule has 5 heteroatoms. The van der Waals surface area contributed by atoms with Gasteiger partial charge in [-0.15, -0.1) is 0 Å². The maximum Gasteiger partial charge on any atom is 0.273 e. The molecule has 26 heavy (non-hydrogen) atoms. The topological polar surface area (TPSA) is 58.1 Å². The SMILES string of the molecule is CNc1cc(C)nc(C2CCN(C(=O)c3nccc4ccccc34)C2)c1. The molecule has 0 radical (unpaired) electrons. The number of nitrogens with one attached hydrogen (secondary N) is 1. The number of likely N-dealkylation sites (tertiary alicyclic amines) is 1. The van der Waals surface area contributed by atoms with Gasteiger partial charge >= 0.3 is 0 Å². The lowest BCUT2D eigenvalue weighted by atomic mass is 10.0. The molecule has 1 amide bonds. The number of carbonyl (C=O) groups excluding carboxylic acids is 1. The Morgan fingerprint density at radius 1 is 1.23 bits per heavy atom. The molecule has 3 heterocycles. The number of aryl methyl sites for hydroxylation is 1. The molecule has 5 nitrogen and oxygen atoms in total. The van der Waals surface area contributed by atoms with E-state index in [1.54, 1.807) is 6.20 Å².